The zero-order valence-corrected chi connectivity index (χ0v) is 19.8. The number of para-hydroxylation sites is 1. The Morgan fingerprint density at radius 3 is 2.61 bits per heavy atom. The van der Waals surface area contributed by atoms with Crippen LogP contribution in [0.15, 0.2) is 54.6 Å². The predicted octanol–water partition coefficient (Wildman–Crippen LogP) is 4.64. The van der Waals surface area contributed by atoms with Gasteiger partial charge in [0.05, 0.1) is 19.0 Å². The molecule has 0 bridgehead atoms. The van der Waals surface area contributed by atoms with Crippen LogP contribution in [0.2, 0.25) is 0 Å². The molecule has 4 rings (SSSR count). The van der Waals surface area contributed by atoms with Gasteiger partial charge in [-0.25, -0.2) is 4.98 Å². The molecule has 6 heteroatoms. The summed E-state index contributed by atoms with van der Waals surface area (Å²) in [6.07, 6.45) is 4.76. The molecule has 174 valence electrons. The van der Waals surface area contributed by atoms with Gasteiger partial charge in [-0.3, -0.25) is 4.79 Å². The van der Waals surface area contributed by atoms with Gasteiger partial charge in [0.25, 0.3) is 0 Å². The monoisotopic (exact) mass is 446 g/mol. The minimum atomic E-state index is 0.0695. The second-order valence-electron chi connectivity index (χ2n) is 9.13. The minimum Gasteiger partial charge on any atom is -0.497 e. The number of nitrogens with one attached hydrogen (secondary N) is 2. The van der Waals surface area contributed by atoms with Gasteiger partial charge in [0.2, 0.25) is 5.91 Å². The molecule has 0 saturated heterocycles. The van der Waals surface area contributed by atoms with Crippen LogP contribution >= 0.6 is 0 Å². The van der Waals surface area contributed by atoms with Gasteiger partial charge in [0, 0.05) is 43.8 Å². The summed E-state index contributed by atoms with van der Waals surface area (Å²) in [4.78, 5) is 19.4. The molecule has 2 aromatic carbocycles. The van der Waals surface area contributed by atoms with E-state index in [0.717, 1.165) is 54.9 Å². The van der Waals surface area contributed by atoms with Crippen molar-refractivity contribution in [2.45, 2.75) is 38.1 Å². The fourth-order valence-corrected chi connectivity index (χ4v) is 4.61. The Balaban J connectivity index is 1.26. The second kappa shape index (κ2) is 10.6. The first-order chi connectivity index (χ1) is 16.0. The molecule has 2 N–H and O–H groups in total. The first kappa shape index (κ1) is 22.9. The van der Waals surface area contributed by atoms with Gasteiger partial charge in [0.15, 0.2) is 0 Å². The SMILES string of the molecule is COc1cccc(CC(=O)NC[C@H]2CC[C@@H](Nc3cc(N(C)C)c4ccccc4n3)CC2)c1. The zero-order chi connectivity index (χ0) is 23.2. The maximum Gasteiger partial charge on any atom is 0.224 e. The topological polar surface area (TPSA) is 66.5 Å². The lowest BCUT2D eigenvalue weighted by Crippen LogP contribution is -2.34. The zero-order valence-electron chi connectivity index (χ0n) is 19.8. The van der Waals surface area contributed by atoms with Crippen LogP contribution in [0.4, 0.5) is 11.5 Å². The van der Waals surface area contributed by atoms with E-state index >= 15 is 0 Å². The summed E-state index contributed by atoms with van der Waals surface area (Å²) in [5.74, 6) is 2.32. The highest BCUT2D eigenvalue weighted by Gasteiger charge is 2.22. The number of amides is 1. The second-order valence-corrected chi connectivity index (χ2v) is 9.13. The third-order valence-electron chi connectivity index (χ3n) is 6.46. The summed E-state index contributed by atoms with van der Waals surface area (Å²) in [6.45, 7) is 0.745. The number of anilines is 2. The number of nitrogens with zero attached hydrogens (tertiary/aromatic N) is 2. The van der Waals surface area contributed by atoms with Crippen LogP contribution in [-0.2, 0) is 11.2 Å². The van der Waals surface area contributed by atoms with E-state index in [1.807, 2.05) is 30.3 Å². The lowest BCUT2D eigenvalue weighted by atomic mass is 9.86. The van der Waals surface area contributed by atoms with Crippen LogP contribution in [0.5, 0.6) is 5.75 Å². The van der Waals surface area contributed by atoms with Gasteiger partial charge in [-0.05, 0) is 55.4 Å². The Kier molecular flexibility index (Phi) is 7.33. The molecule has 6 nitrogen and oxygen atoms in total. The number of fused-ring (bicyclic) bond motifs is 1. The Labute approximate surface area is 196 Å². The number of carbonyl (C=O) groups excluding carboxylic acids is 1. The Bertz CT molecular complexity index is 1090. The molecule has 1 fully saturated rings. The van der Waals surface area contributed by atoms with Gasteiger partial charge in [-0.2, -0.15) is 0 Å². The van der Waals surface area contributed by atoms with Crippen LogP contribution in [-0.4, -0.2) is 44.7 Å². The molecule has 0 atom stereocenters. The van der Waals surface area contributed by atoms with E-state index in [-0.39, 0.29) is 5.91 Å². The van der Waals surface area contributed by atoms with Gasteiger partial charge >= 0.3 is 0 Å². The number of rotatable bonds is 8. The van der Waals surface area contributed by atoms with Crippen molar-refractivity contribution in [2.75, 3.05) is 38.0 Å². The molecule has 33 heavy (non-hydrogen) atoms. The molecule has 3 aromatic rings. The van der Waals surface area contributed by atoms with E-state index in [1.165, 1.54) is 11.1 Å². The Morgan fingerprint density at radius 1 is 1.06 bits per heavy atom. The Morgan fingerprint density at radius 2 is 1.85 bits per heavy atom. The number of benzene rings is 2. The van der Waals surface area contributed by atoms with Crippen LogP contribution < -0.4 is 20.3 Å². The average molecular weight is 447 g/mol. The van der Waals surface area contributed by atoms with Crippen LogP contribution in [0.25, 0.3) is 10.9 Å². The van der Waals surface area contributed by atoms with Crippen molar-refractivity contribution in [2.24, 2.45) is 5.92 Å². The molecule has 1 amide bonds. The number of ether oxygens (including phenoxy) is 1. The number of hydrogen-bond donors (Lipinski definition) is 2. The highest BCUT2D eigenvalue weighted by Crippen LogP contribution is 2.30. The molecule has 1 heterocycles. The van der Waals surface area contributed by atoms with Crippen molar-refractivity contribution in [1.82, 2.24) is 10.3 Å². The minimum absolute atomic E-state index is 0.0695. The van der Waals surface area contributed by atoms with Gasteiger partial charge in [0.1, 0.15) is 11.6 Å². The van der Waals surface area contributed by atoms with Gasteiger partial charge in [-0.1, -0.05) is 30.3 Å². The van der Waals surface area contributed by atoms with E-state index in [1.54, 1.807) is 7.11 Å². The molecular formula is C27H34N4O2. The summed E-state index contributed by atoms with van der Waals surface area (Å²) >= 11 is 0. The van der Waals surface area contributed by atoms with Crippen molar-refractivity contribution in [1.29, 1.82) is 0 Å². The van der Waals surface area contributed by atoms with Crippen molar-refractivity contribution in [3.63, 3.8) is 0 Å². The Hall–Kier alpha value is -3.28. The predicted molar refractivity (Wildman–Crippen MR) is 135 cm³/mol. The van der Waals surface area contributed by atoms with E-state index in [9.17, 15) is 4.79 Å². The molecule has 1 saturated carbocycles. The average Bonchev–Trinajstić information content (AvgIpc) is 2.83. The van der Waals surface area contributed by atoms with Gasteiger partial charge in [-0.15, -0.1) is 0 Å². The summed E-state index contributed by atoms with van der Waals surface area (Å²) in [5, 5.41) is 7.95. The quantitative estimate of drug-likeness (QED) is 0.528. The molecule has 0 spiro atoms. The standard InChI is InChI=1S/C27H34N4O2/c1-31(2)25-17-26(30-24-10-5-4-9-23(24)25)29-21-13-11-19(12-14-21)18-28-27(32)16-20-7-6-8-22(15-20)33-3/h4-10,15,17,19,21H,11-14,16,18H2,1-3H3,(H,28,32)(H,29,30)/t19-,21+. The number of aromatic nitrogens is 1. The fourth-order valence-electron chi connectivity index (χ4n) is 4.61. The molecule has 1 aliphatic rings. The largest absolute Gasteiger partial charge is 0.497 e. The first-order valence-electron chi connectivity index (χ1n) is 11.7. The highest BCUT2D eigenvalue weighted by atomic mass is 16.5. The third kappa shape index (κ3) is 5.95. The number of carbonyl (C=O) groups is 1. The smallest absolute Gasteiger partial charge is 0.224 e. The molecule has 0 radical (unpaired) electrons. The number of pyridine rings is 1. The number of hydrogen-bond acceptors (Lipinski definition) is 5. The maximum absolute atomic E-state index is 12.4. The summed E-state index contributed by atoms with van der Waals surface area (Å²) in [5.41, 5.74) is 3.16. The molecule has 0 unspecified atom stereocenters. The molecule has 1 aliphatic carbocycles. The van der Waals surface area contributed by atoms with Gasteiger partial charge < -0.3 is 20.3 Å². The summed E-state index contributed by atoms with van der Waals surface area (Å²) in [7, 11) is 5.78. The molecule has 0 aliphatic heterocycles. The summed E-state index contributed by atoms with van der Waals surface area (Å²) < 4.78 is 5.24. The van der Waals surface area contributed by atoms with E-state index < -0.39 is 0 Å². The van der Waals surface area contributed by atoms with Crippen molar-refractivity contribution < 1.29 is 9.53 Å². The highest BCUT2D eigenvalue weighted by molar-refractivity contribution is 5.93. The van der Waals surface area contributed by atoms with Crippen molar-refractivity contribution in [3.05, 3.63) is 60.2 Å². The van der Waals surface area contributed by atoms with Crippen molar-refractivity contribution >= 4 is 28.3 Å². The third-order valence-corrected chi connectivity index (χ3v) is 6.46. The van der Waals surface area contributed by atoms with E-state index in [4.69, 9.17) is 9.72 Å². The van der Waals surface area contributed by atoms with Crippen molar-refractivity contribution in [3.8, 4) is 5.75 Å². The van der Waals surface area contributed by atoms with Crippen LogP contribution in [0, 0.1) is 5.92 Å². The summed E-state index contributed by atoms with van der Waals surface area (Å²) in [6, 6.07) is 18.5. The lowest BCUT2D eigenvalue weighted by molar-refractivity contribution is -0.120. The lowest BCUT2D eigenvalue weighted by Gasteiger charge is -2.30. The fraction of sp³-hybridized carbons (Fsp3) is 0.407. The number of methoxy groups -OCH3 is 1. The van der Waals surface area contributed by atoms with Crippen LogP contribution in [0.1, 0.15) is 31.2 Å². The maximum atomic E-state index is 12.4. The van der Waals surface area contributed by atoms with E-state index in [2.05, 4.69) is 53.9 Å². The normalized spacial score (nSPS) is 18.0. The first-order valence-corrected chi connectivity index (χ1v) is 11.7. The molecular weight excluding hydrogens is 412 g/mol. The van der Waals surface area contributed by atoms with Crippen LogP contribution in [0.3, 0.4) is 0 Å². The molecule has 1 aromatic heterocycles. The van der Waals surface area contributed by atoms with E-state index in [0.29, 0.717) is 18.4 Å².